The fourth-order valence-electron chi connectivity index (χ4n) is 3.16. The number of aromatic nitrogens is 1. The monoisotopic (exact) mass is 360 g/mol. The summed E-state index contributed by atoms with van der Waals surface area (Å²) in [5.74, 6) is 1.42. The molecule has 0 radical (unpaired) electrons. The van der Waals surface area contributed by atoms with Gasteiger partial charge in [-0.25, -0.2) is 4.79 Å². The Morgan fingerprint density at radius 1 is 1.35 bits per heavy atom. The van der Waals surface area contributed by atoms with Gasteiger partial charge in [0.25, 0.3) is 0 Å². The van der Waals surface area contributed by atoms with E-state index in [1.54, 1.807) is 12.4 Å². The molecule has 6 nitrogen and oxygen atoms in total. The summed E-state index contributed by atoms with van der Waals surface area (Å²) in [7, 11) is 0. The minimum atomic E-state index is -0.436. The molecule has 142 valence electrons. The van der Waals surface area contributed by atoms with Crippen LogP contribution in [0.5, 0.6) is 0 Å². The molecule has 2 aromatic heterocycles. The molecule has 0 bridgehead atoms. The maximum atomic E-state index is 12.1. The second-order valence-corrected chi connectivity index (χ2v) is 7.88. The van der Waals surface area contributed by atoms with Gasteiger partial charge in [0, 0.05) is 37.5 Å². The number of ether oxygens (including phenoxy) is 2. The van der Waals surface area contributed by atoms with E-state index in [1.807, 2.05) is 37.8 Å². The zero-order chi connectivity index (χ0) is 18.6. The summed E-state index contributed by atoms with van der Waals surface area (Å²) in [6, 6.07) is 3.83. The van der Waals surface area contributed by atoms with Crippen molar-refractivity contribution in [2.75, 3.05) is 19.7 Å². The number of amides is 1. The Kier molecular flexibility index (Phi) is 5.81. The van der Waals surface area contributed by atoms with Crippen molar-refractivity contribution in [3.05, 3.63) is 30.3 Å². The number of rotatable bonds is 5. The summed E-state index contributed by atoms with van der Waals surface area (Å²) in [6.07, 6.45) is 6.31. The van der Waals surface area contributed by atoms with Crippen LogP contribution in [0.25, 0.3) is 11.0 Å². The van der Waals surface area contributed by atoms with E-state index < -0.39 is 5.60 Å². The molecule has 0 aliphatic carbocycles. The first-order valence-corrected chi connectivity index (χ1v) is 9.29. The number of nitrogens with zero attached hydrogens (tertiary/aromatic N) is 2. The second-order valence-electron chi connectivity index (χ2n) is 7.88. The van der Waals surface area contributed by atoms with E-state index in [9.17, 15) is 4.79 Å². The van der Waals surface area contributed by atoms with Crippen molar-refractivity contribution in [3.8, 4) is 0 Å². The number of furan rings is 1. The van der Waals surface area contributed by atoms with Crippen molar-refractivity contribution in [3.63, 3.8) is 0 Å². The number of hydrogen-bond donors (Lipinski definition) is 0. The second kappa shape index (κ2) is 8.08. The molecule has 0 saturated carbocycles. The van der Waals surface area contributed by atoms with E-state index in [1.165, 1.54) is 0 Å². The van der Waals surface area contributed by atoms with E-state index in [4.69, 9.17) is 13.9 Å². The van der Waals surface area contributed by atoms with Crippen LogP contribution in [-0.4, -0.2) is 41.3 Å². The molecule has 1 saturated heterocycles. The third-order valence-electron chi connectivity index (χ3n) is 4.55. The van der Waals surface area contributed by atoms with Crippen LogP contribution in [0.15, 0.2) is 28.9 Å². The van der Waals surface area contributed by atoms with Gasteiger partial charge in [-0.3, -0.25) is 4.98 Å². The van der Waals surface area contributed by atoms with Gasteiger partial charge in [-0.2, -0.15) is 0 Å². The van der Waals surface area contributed by atoms with Gasteiger partial charge in [-0.1, -0.05) is 0 Å². The number of piperidine rings is 1. The van der Waals surface area contributed by atoms with Crippen LogP contribution in [0.4, 0.5) is 4.79 Å². The van der Waals surface area contributed by atoms with Gasteiger partial charge in [0.15, 0.2) is 0 Å². The molecule has 3 heterocycles. The molecule has 0 spiro atoms. The Labute approximate surface area is 154 Å². The lowest BCUT2D eigenvalue weighted by molar-refractivity contribution is 0.0162. The lowest BCUT2D eigenvalue weighted by Gasteiger charge is -2.33. The number of hydrogen-bond acceptors (Lipinski definition) is 5. The van der Waals surface area contributed by atoms with Gasteiger partial charge in [-0.15, -0.1) is 0 Å². The fourth-order valence-corrected chi connectivity index (χ4v) is 3.16. The van der Waals surface area contributed by atoms with E-state index in [0.717, 1.165) is 49.1 Å². The standard InChI is InChI=1S/C20H28N2O4/c1-20(2,3)26-19(23)22-9-5-15(6-10-22)7-11-24-14-17-12-16-13-21-8-4-18(16)25-17/h4,8,12-13,15H,5-7,9-11,14H2,1-3H3. The normalized spacial score (nSPS) is 16.2. The highest BCUT2D eigenvalue weighted by Crippen LogP contribution is 2.23. The highest BCUT2D eigenvalue weighted by Gasteiger charge is 2.26. The molecular weight excluding hydrogens is 332 g/mol. The van der Waals surface area contributed by atoms with E-state index in [2.05, 4.69) is 4.98 Å². The predicted molar refractivity (Wildman–Crippen MR) is 98.8 cm³/mol. The predicted octanol–water partition coefficient (Wildman–Crippen LogP) is 4.38. The van der Waals surface area contributed by atoms with Crippen molar-refractivity contribution in [1.82, 2.24) is 9.88 Å². The first kappa shape index (κ1) is 18.7. The lowest BCUT2D eigenvalue weighted by atomic mass is 9.94. The first-order chi connectivity index (χ1) is 12.4. The third-order valence-corrected chi connectivity index (χ3v) is 4.55. The Bertz CT molecular complexity index is 694. The number of carbonyl (C=O) groups is 1. The SMILES string of the molecule is CC(C)(C)OC(=O)N1CCC(CCOCc2cc3cnccc3o2)CC1. The van der Waals surface area contributed by atoms with Crippen LogP contribution in [0, 0.1) is 5.92 Å². The topological polar surface area (TPSA) is 64.8 Å². The summed E-state index contributed by atoms with van der Waals surface area (Å²) in [6.45, 7) is 8.39. The molecule has 0 aromatic carbocycles. The summed E-state index contributed by atoms with van der Waals surface area (Å²) >= 11 is 0. The summed E-state index contributed by atoms with van der Waals surface area (Å²) < 4.78 is 16.9. The van der Waals surface area contributed by atoms with E-state index in [-0.39, 0.29) is 6.09 Å². The van der Waals surface area contributed by atoms with Gasteiger partial charge in [0.05, 0.1) is 0 Å². The van der Waals surface area contributed by atoms with Gasteiger partial charge in [0.1, 0.15) is 23.6 Å². The minimum Gasteiger partial charge on any atom is -0.458 e. The quantitative estimate of drug-likeness (QED) is 0.740. The van der Waals surface area contributed by atoms with Crippen molar-refractivity contribution >= 4 is 17.1 Å². The molecule has 3 rings (SSSR count). The van der Waals surface area contributed by atoms with Gasteiger partial charge >= 0.3 is 6.09 Å². The average molecular weight is 360 g/mol. The zero-order valence-corrected chi connectivity index (χ0v) is 15.9. The molecule has 1 fully saturated rings. The van der Waals surface area contributed by atoms with Gasteiger partial charge in [-0.05, 0) is 58.1 Å². The molecule has 0 unspecified atom stereocenters. The highest BCUT2D eigenvalue weighted by molar-refractivity contribution is 5.76. The maximum absolute atomic E-state index is 12.1. The number of carbonyl (C=O) groups excluding carboxylic acids is 1. The molecular formula is C20H28N2O4. The number of pyridine rings is 1. The van der Waals surface area contributed by atoms with Crippen molar-refractivity contribution in [2.45, 2.75) is 52.2 Å². The van der Waals surface area contributed by atoms with E-state index >= 15 is 0 Å². The lowest BCUT2D eigenvalue weighted by Crippen LogP contribution is -2.41. The first-order valence-electron chi connectivity index (χ1n) is 9.29. The third kappa shape index (κ3) is 5.21. The van der Waals surface area contributed by atoms with Gasteiger partial charge in [0.2, 0.25) is 0 Å². The molecule has 0 atom stereocenters. The molecule has 26 heavy (non-hydrogen) atoms. The maximum Gasteiger partial charge on any atom is 0.410 e. The van der Waals surface area contributed by atoms with Crippen LogP contribution in [0.1, 0.15) is 45.8 Å². The Morgan fingerprint density at radius 3 is 2.81 bits per heavy atom. The average Bonchev–Trinajstić information content (AvgIpc) is 3.00. The van der Waals surface area contributed by atoms with Crippen LogP contribution in [0.3, 0.4) is 0 Å². The molecule has 1 aliphatic rings. The summed E-state index contributed by atoms with van der Waals surface area (Å²) in [5, 5.41) is 1.00. The smallest absolute Gasteiger partial charge is 0.410 e. The Morgan fingerprint density at radius 2 is 2.12 bits per heavy atom. The van der Waals surface area contributed by atoms with Crippen LogP contribution >= 0.6 is 0 Å². The Hall–Kier alpha value is -2.08. The van der Waals surface area contributed by atoms with E-state index in [0.29, 0.717) is 19.1 Å². The van der Waals surface area contributed by atoms with Crippen LogP contribution in [0.2, 0.25) is 0 Å². The van der Waals surface area contributed by atoms with Gasteiger partial charge < -0.3 is 18.8 Å². The van der Waals surface area contributed by atoms with Crippen LogP contribution in [-0.2, 0) is 16.1 Å². The number of fused-ring (bicyclic) bond motifs is 1. The Balaban J connectivity index is 1.34. The molecule has 0 N–H and O–H groups in total. The largest absolute Gasteiger partial charge is 0.458 e. The van der Waals surface area contributed by atoms with Crippen molar-refractivity contribution in [2.24, 2.45) is 5.92 Å². The van der Waals surface area contributed by atoms with Crippen LogP contribution < -0.4 is 0 Å². The molecule has 1 amide bonds. The van der Waals surface area contributed by atoms with Crippen molar-refractivity contribution < 1.29 is 18.7 Å². The summed E-state index contributed by atoms with van der Waals surface area (Å²) in [4.78, 5) is 18.0. The molecule has 2 aromatic rings. The zero-order valence-electron chi connectivity index (χ0n) is 15.9. The molecule has 6 heteroatoms. The summed E-state index contributed by atoms with van der Waals surface area (Å²) in [5.41, 5.74) is 0.405. The minimum absolute atomic E-state index is 0.202. The molecule has 1 aliphatic heterocycles. The van der Waals surface area contributed by atoms with Crippen molar-refractivity contribution in [1.29, 1.82) is 0 Å². The highest BCUT2D eigenvalue weighted by atomic mass is 16.6. The fraction of sp³-hybridized carbons (Fsp3) is 0.600. The number of likely N-dealkylation sites (tertiary alicyclic amines) is 1.